The van der Waals surface area contributed by atoms with E-state index in [2.05, 4.69) is 15.2 Å². The van der Waals surface area contributed by atoms with E-state index in [0.29, 0.717) is 11.0 Å². The van der Waals surface area contributed by atoms with Crippen molar-refractivity contribution in [3.05, 3.63) is 23.9 Å². The van der Waals surface area contributed by atoms with Crippen molar-refractivity contribution in [1.82, 2.24) is 10.3 Å². The van der Waals surface area contributed by atoms with Gasteiger partial charge in [0.2, 0.25) is 0 Å². The summed E-state index contributed by atoms with van der Waals surface area (Å²) in [6, 6.07) is 3.68. The van der Waals surface area contributed by atoms with E-state index in [1.807, 2.05) is 12.1 Å². The molecule has 18 heavy (non-hydrogen) atoms. The van der Waals surface area contributed by atoms with Crippen LogP contribution < -0.4 is 10.2 Å². The van der Waals surface area contributed by atoms with Gasteiger partial charge in [-0.2, -0.15) is 0 Å². The molecule has 4 nitrogen and oxygen atoms in total. The van der Waals surface area contributed by atoms with Crippen molar-refractivity contribution in [3.8, 4) is 0 Å². The number of amides is 1. The Labute approximate surface area is 107 Å². The molecule has 96 valence electrons. The molecule has 1 aliphatic heterocycles. The molecule has 0 bridgehead atoms. The normalized spacial score (nSPS) is 20.8. The van der Waals surface area contributed by atoms with Crippen LogP contribution in [0, 0.1) is 5.41 Å². The predicted octanol–water partition coefficient (Wildman–Crippen LogP) is 1.82. The van der Waals surface area contributed by atoms with Crippen molar-refractivity contribution in [2.24, 2.45) is 5.41 Å². The third-order valence-corrected chi connectivity index (χ3v) is 4.18. The summed E-state index contributed by atoms with van der Waals surface area (Å²) in [4.78, 5) is 18.6. The number of hydrogen-bond donors (Lipinski definition) is 1. The van der Waals surface area contributed by atoms with E-state index >= 15 is 0 Å². The van der Waals surface area contributed by atoms with E-state index < -0.39 is 0 Å². The van der Waals surface area contributed by atoms with Crippen LogP contribution in [0.3, 0.4) is 0 Å². The predicted molar refractivity (Wildman–Crippen MR) is 70.7 cm³/mol. The fourth-order valence-corrected chi connectivity index (χ4v) is 2.93. The number of piperidine rings is 1. The molecule has 0 radical (unpaired) electrons. The van der Waals surface area contributed by atoms with Gasteiger partial charge in [0.25, 0.3) is 5.91 Å². The second kappa shape index (κ2) is 4.26. The lowest BCUT2D eigenvalue weighted by Gasteiger charge is -2.34. The summed E-state index contributed by atoms with van der Waals surface area (Å²) < 4.78 is 0. The van der Waals surface area contributed by atoms with E-state index in [0.717, 1.165) is 18.9 Å². The minimum Gasteiger partial charge on any atom is -0.355 e. The average molecular weight is 245 g/mol. The number of carbonyl (C=O) groups is 1. The second-order valence-corrected chi connectivity index (χ2v) is 5.48. The first-order valence-corrected chi connectivity index (χ1v) is 6.66. The van der Waals surface area contributed by atoms with Crippen LogP contribution in [0.1, 0.15) is 36.0 Å². The number of nitrogens with one attached hydrogen (secondary N) is 1. The van der Waals surface area contributed by atoms with Crippen molar-refractivity contribution >= 4 is 11.7 Å². The van der Waals surface area contributed by atoms with Crippen LogP contribution in [0.4, 0.5) is 5.82 Å². The van der Waals surface area contributed by atoms with E-state index in [9.17, 15) is 4.79 Å². The molecule has 2 heterocycles. The number of nitrogens with zero attached hydrogens (tertiary/aromatic N) is 2. The highest BCUT2D eigenvalue weighted by Gasteiger charge is 2.45. The SMILES string of the molecule is CNC(=O)c1cccnc1N1CCCC2(CC2)C1. The van der Waals surface area contributed by atoms with Crippen LogP contribution in [0.2, 0.25) is 0 Å². The lowest BCUT2D eigenvalue weighted by Crippen LogP contribution is -2.38. The zero-order valence-corrected chi connectivity index (χ0v) is 10.8. The standard InChI is InChI=1S/C14H19N3O/c1-15-13(18)11-4-2-8-16-12(11)17-9-3-5-14(10-17)6-7-14/h2,4,8H,3,5-7,9-10H2,1H3,(H,15,18). The van der Waals surface area contributed by atoms with Crippen molar-refractivity contribution in [2.45, 2.75) is 25.7 Å². The van der Waals surface area contributed by atoms with Gasteiger partial charge in [-0.25, -0.2) is 4.98 Å². The van der Waals surface area contributed by atoms with Crippen molar-refractivity contribution < 1.29 is 4.79 Å². The Bertz CT molecular complexity index is 468. The van der Waals surface area contributed by atoms with Crippen LogP contribution in [0.15, 0.2) is 18.3 Å². The van der Waals surface area contributed by atoms with Gasteiger partial charge < -0.3 is 10.2 Å². The molecule has 2 aliphatic rings. The largest absolute Gasteiger partial charge is 0.355 e. The Hall–Kier alpha value is -1.58. The molecule has 1 saturated heterocycles. The molecule has 1 saturated carbocycles. The van der Waals surface area contributed by atoms with E-state index in [-0.39, 0.29) is 5.91 Å². The number of carbonyl (C=O) groups excluding carboxylic acids is 1. The molecular weight excluding hydrogens is 226 g/mol. The summed E-state index contributed by atoms with van der Waals surface area (Å²) >= 11 is 0. The van der Waals surface area contributed by atoms with Gasteiger partial charge in [0.05, 0.1) is 5.56 Å². The van der Waals surface area contributed by atoms with Gasteiger partial charge in [0.15, 0.2) is 0 Å². The molecule has 4 heteroatoms. The van der Waals surface area contributed by atoms with Crippen molar-refractivity contribution in [1.29, 1.82) is 0 Å². The Morgan fingerprint density at radius 1 is 1.44 bits per heavy atom. The minimum absolute atomic E-state index is 0.0477. The average Bonchev–Trinajstić information content (AvgIpc) is 3.17. The molecule has 3 rings (SSSR count). The molecular formula is C14H19N3O. The lowest BCUT2D eigenvalue weighted by molar-refractivity contribution is 0.0963. The Morgan fingerprint density at radius 2 is 2.28 bits per heavy atom. The van der Waals surface area contributed by atoms with Gasteiger partial charge >= 0.3 is 0 Å². The van der Waals surface area contributed by atoms with Crippen molar-refractivity contribution in [3.63, 3.8) is 0 Å². The maximum atomic E-state index is 11.9. The van der Waals surface area contributed by atoms with Gasteiger partial charge in [-0.15, -0.1) is 0 Å². The van der Waals surface area contributed by atoms with Crippen LogP contribution in [0.25, 0.3) is 0 Å². The molecule has 1 spiro atoms. The third-order valence-electron chi connectivity index (χ3n) is 4.18. The first-order valence-electron chi connectivity index (χ1n) is 6.66. The number of anilines is 1. The number of aromatic nitrogens is 1. The second-order valence-electron chi connectivity index (χ2n) is 5.48. The van der Waals surface area contributed by atoms with E-state index in [1.54, 1.807) is 13.2 Å². The van der Waals surface area contributed by atoms with E-state index in [1.165, 1.54) is 25.7 Å². The molecule has 1 aromatic rings. The molecule has 0 aromatic carbocycles. The summed E-state index contributed by atoms with van der Waals surface area (Å²) in [7, 11) is 1.66. The molecule has 1 N–H and O–H groups in total. The van der Waals surface area contributed by atoms with Crippen LogP contribution in [-0.4, -0.2) is 31.0 Å². The Morgan fingerprint density at radius 3 is 3.00 bits per heavy atom. The molecule has 1 aromatic heterocycles. The fraction of sp³-hybridized carbons (Fsp3) is 0.571. The zero-order valence-electron chi connectivity index (χ0n) is 10.8. The van der Waals surface area contributed by atoms with Gasteiger partial charge in [-0.3, -0.25) is 4.79 Å². The molecule has 1 amide bonds. The summed E-state index contributed by atoms with van der Waals surface area (Å²) in [6.45, 7) is 2.08. The van der Waals surface area contributed by atoms with Gasteiger partial charge in [-0.1, -0.05) is 0 Å². The summed E-state index contributed by atoms with van der Waals surface area (Å²) in [5.74, 6) is 0.802. The summed E-state index contributed by atoms with van der Waals surface area (Å²) in [6.07, 6.45) is 7.00. The first-order chi connectivity index (χ1) is 8.74. The maximum Gasteiger partial charge on any atom is 0.254 e. The quantitative estimate of drug-likeness (QED) is 0.864. The van der Waals surface area contributed by atoms with Gasteiger partial charge in [-0.05, 0) is 43.2 Å². The highest BCUT2D eigenvalue weighted by molar-refractivity contribution is 5.98. The molecule has 1 aliphatic carbocycles. The van der Waals surface area contributed by atoms with Gasteiger partial charge in [0.1, 0.15) is 5.82 Å². The molecule has 2 fully saturated rings. The minimum atomic E-state index is -0.0477. The highest BCUT2D eigenvalue weighted by Crippen LogP contribution is 2.52. The molecule has 0 unspecified atom stereocenters. The summed E-state index contributed by atoms with van der Waals surface area (Å²) in [5, 5.41) is 2.69. The monoisotopic (exact) mass is 245 g/mol. The number of hydrogen-bond acceptors (Lipinski definition) is 3. The van der Waals surface area contributed by atoms with E-state index in [4.69, 9.17) is 0 Å². The topological polar surface area (TPSA) is 45.2 Å². The van der Waals surface area contributed by atoms with Crippen molar-refractivity contribution in [2.75, 3.05) is 25.0 Å². The van der Waals surface area contributed by atoms with Crippen LogP contribution in [0.5, 0.6) is 0 Å². The Kier molecular flexibility index (Phi) is 2.73. The fourth-order valence-electron chi connectivity index (χ4n) is 2.93. The number of pyridine rings is 1. The molecule has 0 atom stereocenters. The number of rotatable bonds is 2. The lowest BCUT2D eigenvalue weighted by atomic mass is 9.95. The zero-order chi connectivity index (χ0) is 12.6. The van der Waals surface area contributed by atoms with Crippen LogP contribution in [-0.2, 0) is 0 Å². The van der Waals surface area contributed by atoms with Gasteiger partial charge in [0, 0.05) is 26.3 Å². The van der Waals surface area contributed by atoms with Crippen LogP contribution >= 0.6 is 0 Å². The summed E-state index contributed by atoms with van der Waals surface area (Å²) in [5.41, 5.74) is 1.23. The smallest absolute Gasteiger partial charge is 0.254 e. The third kappa shape index (κ3) is 1.96. The Balaban J connectivity index is 1.89. The maximum absolute atomic E-state index is 11.9. The highest BCUT2D eigenvalue weighted by atomic mass is 16.1. The first kappa shape index (κ1) is 11.5.